The Kier molecular flexibility index (Phi) is 3.26. The molecule has 3 aromatic rings. The van der Waals surface area contributed by atoms with Gasteiger partial charge in [-0.1, -0.05) is 11.6 Å². The summed E-state index contributed by atoms with van der Waals surface area (Å²) in [5.41, 5.74) is 10.8. The van der Waals surface area contributed by atoms with E-state index < -0.39 is 0 Å². The highest BCUT2D eigenvalue weighted by molar-refractivity contribution is 6.33. The number of nitrogen functional groups attached to an aromatic ring is 1. The summed E-state index contributed by atoms with van der Waals surface area (Å²) < 4.78 is 7.10. The van der Waals surface area contributed by atoms with Gasteiger partial charge in [0, 0.05) is 11.8 Å². The van der Waals surface area contributed by atoms with Crippen molar-refractivity contribution in [1.82, 2.24) is 9.38 Å². The first-order chi connectivity index (χ1) is 10.0. The molecule has 0 atom stereocenters. The van der Waals surface area contributed by atoms with Crippen LogP contribution in [-0.2, 0) is 0 Å². The number of fused-ring (bicyclic) bond motifs is 1. The molecule has 2 aromatic heterocycles. The lowest BCUT2D eigenvalue weighted by molar-refractivity contribution is 0.414. The number of imidazole rings is 1. The molecule has 0 bridgehead atoms. The maximum atomic E-state index is 6.26. The standard InChI is InChI=1S/C16H16ClN3O/c1-9-7-11(21-3)8-10(2)13(9)14-15(18)20-6-4-5-12(17)16(20)19-14/h4-8H,18H2,1-3H3. The molecule has 0 unspecified atom stereocenters. The Morgan fingerprint density at radius 2 is 1.90 bits per heavy atom. The van der Waals surface area contributed by atoms with Crippen molar-refractivity contribution >= 4 is 23.1 Å². The van der Waals surface area contributed by atoms with Crippen LogP contribution < -0.4 is 10.5 Å². The second-order valence-electron chi connectivity index (χ2n) is 5.03. The lowest BCUT2D eigenvalue weighted by Gasteiger charge is -2.11. The van der Waals surface area contributed by atoms with Crippen molar-refractivity contribution in [2.24, 2.45) is 0 Å². The van der Waals surface area contributed by atoms with Gasteiger partial charge in [0.2, 0.25) is 0 Å². The van der Waals surface area contributed by atoms with Crippen LogP contribution in [0, 0.1) is 13.8 Å². The minimum atomic E-state index is 0.583. The Labute approximate surface area is 128 Å². The van der Waals surface area contributed by atoms with Crippen LogP contribution in [0.2, 0.25) is 5.02 Å². The van der Waals surface area contributed by atoms with E-state index in [0.29, 0.717) is 16.5 Å². The smallest absolute Gasteiger partial charge is 0.157 e. The molecule has 5 heteroatoms. The van der Waals surface area contributed by atoms with Crippen molar-refractivity contribution in [3.8, 4) is 17.0 Å². The van der Waals surface area contributed by atoms with Crippen LogP contribution in [0.3, 0.4) is 0 Å². The van der Waals surface area contributed by atoms with Gasteiger partial charge < -0.3 is 10.5 Å². The van der Waals surface area contributed by atoms with Gasteiger partial charge in [0.05, 0.1) is 12.1 Å². The van der Waals surface area contributed by atoms with Crippen LogP contribution in [0.1, 0.15) is 11.1 Å². The molecule has 0 aliphatic heterocycles. The highest BCUT2D eigenvalue weighted by Gasteiger charge is 2.17. The number of benzene rings is 1. The Morgan fingerprint density at radius 3 is 2.48 bits per heavy atom. The van der Waals surface area contributed by atoms with Gasteiger partial charge in [-0.3, -0.25) is 4.40 Å². The molecule has 2 N–H and O–H groups in total. The van der Waals surface area contributed by atoms with Crippen molar-refractivity contribution < 1.29 is 4.74 Å². The predicted octanol–water partition coefficient (Wildman–Crippen LogP) is 3.86. The third-order valence-electron chi connectivity index (χ3n) is 3.62. The highest BCUT2D eigenvalue weighted by Crippen LogP contribution is 2.35. The monoisotopic (exact) mass is 301 g/mol. The second-order valence-corrected chi connectivity index (χ2v) is 5.44. The number of aryl methyl sites for hydroxylation is 2. The predicted molar refractivity (Wildman–Crippen MR) is 86.1 cm³/mol. The molecule has 0 saturated carbocycles. The van der Waals surface area contributed by atoms with E-state index in [1.165, 1.54) is 0 Å². The number of halogens is 1. The summed E-state index contributed by atoms with van der Waals surface area (Å²) in [7, 11) is 1.66. The molecular weight excluding hydrogens is 286 g/mol. The highest BCUT2D eigenvalue weighted by atomic mass is 35.5. The number of nitrogens with two attached hydrogens (primary N) is 1. The van der Waals surface area contributed by atoms with Gasteiger partial charge in [-0.25, -0.2) is 4.98 Å². The van der Waals surface area contributed by atoms with E-state index in [1.54, 1.807) is 17.6 Å². The molecule has 1 aromatic carbocycles. The zero-order valence-corrected chi connectivity index (χ0v) is 12.9. The molecule has 0 spiro atoms. The van der Waals surface area contributed by atoms with Gasteiger partial charge in [0.25, 0.3) is 0 Å². The van der Waals surface area contributed by atoms with Crippen LogP contribution in [-0.4, -0.2) is 16.5 Å². The number of hydrogen-bond donors (Lipinski definition) is 1. The number of aromatic nitrogens is 2. The minimum Gasteiger partial charge on any atom is -0.497 e. The summed E-state index contributed by atoms with van der Waals surface area (Å²) in [5.74, 6) is 1.41. The van der Waals surface area contributed by atoms with Crippen LogP contribution in [0.25, 0.3) is 16.9 Å². The van der Waals surface area contributed by atoms with Crippen molar-refractivity contribution in [1.29, 1.82) is 0 Å². The second kappa shape index (κ2) is 4.97. The number of methoxy groups -OCH3 is 1. The molecule has 0 radical (unpaired) electrons. The van der Waals surface area contributed by atoms with Gasteiger partial charge >= 0.3 is 0 Å². The minimum absolute atomic E-state index is 0.583. The summed E-state index contributed by atoms with van der Waals surface area (Å²) in [6, 6.07) is 7.62. The Morgan fingerprint density at radius 1 is 1.24 bits per heavy atom. The van der Waals surface area contributed by atoms with Gasteiger partial charge in [0.15, 0.2) is 5.65 Å². The van der Waals surface area contributed by atoms with Crippen LogP contribution in [0.4, 0.5) is 5.82 Å². The van der Waals surface area contributed by atoms with Crippen LogP contribution in [0.15, 0.2) is 30.5 Å². The quantitative estimate of drug-likeness (QED) is 0.782. The first-order valence-corrected chi connectivity index (χ1v) is 6.98. The number of nitrogens with zero attached hydrogens (tertiary/aromatic N) is 2. The molecule has 4 nitrogen and oxygen atoms in total. The van der Waals surface area contributed by atoms with Crippen LogP contribution >= 0.6 is 11.6 Å². The van der Waals surface area contributed by atoms with E-state index in [9.17, 15) is 0 Å². The van der Waals surface area contributed by atoms with E-state index in [2.05, 4.69) is 4.98 Å². The molecular formula is C16H16ClN3O. The third kappa shape index (κ3) is 2.12. The van der Waals surface area contributed by atoms with Crippen LogP contribution in [0.5, 0.6) is 5.75 Å². The number of rotatable bonds is 2. The van der Waals surface area contributed by atoms with Gasteiger partial charge in [0.1, 0.15) is 17.3 Å². The number of hydrogen-bond acceptors (Lipinski definition) is 3. The van der Waals surface area contributed by atoms with E-state index in [1.807, 2.05) is 38.2 Å². The lowest BCUT2D eigenvalue weighted by Crippen LogP contribution is -1.97. The average Bonchev–Trinajstić information content (AvgIpc) is 2.77. The van der Waals surface area contributed by atoms with Gasteiger partial charge in [-0.15, -0.1) is 0 Å². The number of ether oxygens (including phenoxy) is 1. The molecule has 108 valence electrons. The van der Waals surface area contributed by atoms with E-state index in [0.717, 1.165) is 28.1 Å². The number of pyridine rings is 1. The number of anilines is 1. The molecule has 21 heavy (non-hydrogen) atoms. The first kappa shape index (κ1) is 13.8. The molecule has 0 aliphatic carbocycles. The third-order valence-corrected chi connectivity index (χ3v) is 3.91. The zero-order chi connectivity index (χ0) is 15.1. The largest absolute Gasteiger partial charge is 0.497 e. The normalized spacial score (nSPS) is 11.0. The fraction of sp³-hybridized carbons (Fsp3) is 0.188. The molecule has 0 aliphatic rings. The Bertz CT molecular complexity index is 816. The maximum Gasteiger partial charge on any atom is 0.157 e. The summed E-state index contributed by atoms with van der Waals surface area (Å²) in [4.78, 5) is 4.62. The van der Waals surface area contributed by atoms with Crippen molar-refractivity contribution in [3.63, 3.8) is 0 Å². The van der Waals surface area contributed by atoms with E-state index in [-0.39, 0.29) is 0 Å². The topological polar surface area (TPSA) is 52.5 Å². The van der Waals surface area contributed by atoms with Gasteiger partial charge in [-0.05, 0) is 49.2 Å². The van der Waals surface area contributed by atoms with E-state index in [4.69, 9.17) is 22.1 Å². The molecule has 2 heterocycles. The first-order valence-electron chi connectivity index (χ1n) is 6.60. The summed E-state index contributed by atoms with van der Waals surface area (Å²) in [6.07, 6.45) is 1.86. The fourth-order valence-corrected chi connectivity index (χ4v) is 2.86. The molecule has 0 fully saturated rings. The van der Waals surface area contributed by atoms with E-state index >= 15 is 0 Å². The molecule has 3 rings (SSSR count). The molecule has 0 amide bonds. The lowest BCUT2D eigenvalue weighted by atomic mass is 9.99. The van der Waals surface area contributed by atoms with Crippen molar-refractivity contribution in [2.75, 3.05) is 12.8 Å². The SMILES string of the molecule is COc1cc(C)c(-c2nc3c(Cl)cccn3c2N)c(C)c1. The Balaban J connectivity index is 2.31. The molecule has 0 saturated heterocycles. The van der Waals surface area contributed by atoms with Gasteiger partial charge in [-0.2, -0.15) is 0 Å². The van der Waals surface area contributed by atoms with Crippen molar-refractivity contribution in [3.05, 3.63) is 46.6 Å². The zero-order valence-electron chi connectivity index (χ0n) is 12.1. The average molecular weight is 302 g/mol. The fourth-order valence-electron chi connectivity index (χ4n) is 2.65. The maximum absolute atomic E-state index is 6.26. The summed E-state index contributed by atoms with van der Waals surface area (Å²) >= 11 is 6.20. The summed E-state index contributed by atoms with van der Waals surface area (Å²) in [5, 5.41) is 0.583. The summed E-state index contributed by atoms with van der Waals surface area (Å²) in [6.45, 7) is 4.05. The Hall–Kier alpha value is -2.20. The van der Waals surface area contributed by atoms with Crippen molar-refractivity contribution in [2.45, 2.75) is 13.8 Å².